The molecule has 0 saturated heterocycles. The molecular formula is C16H25NO2. The molecule has 1 N–H and O–H groups in total. The molecule has 0 fully saturated rings. The van der Waals surface area contributed by atoms with Crippen molar-refractivity contribution in [3.05, 3.63) is 34.4 Å². The summed E-state index contributed by atoms with van der Waals surface area (Å²) in [6.45, 7) is 10.3. The van der Waals surface area contributed by atoms with Gasteiger partial charge in [-0.3, -0.25) is 9.69 Å². The molecular weight excluding hydrogens is 238 g/mol. The van der Waals surface area contributed by atoms with Crippen molar-refractivity contribution in [1.82, 2.24) is 4.90 Å². The number of ketones is 1. The second kappa shape index (κ2) is 7.41. The largest absolute Gasteiger partial charge is 0.396 e. The molecule has 0 spiro atoms. The summed E-state index contributed by atoms with van der Waals surface area (Å²) in [5.74, 6) is 0.167. The Kier molecular flexibility index (Phi) is 6.19. The summed E-state index contributed by atoms with van der Waals surface area (Å²) >= 11 is 0. The van der Waals surface area contributed by atoms with E-state index in [-0.39, 0.29) is 12.4 Å². The number of aliphatic hydroxyl groups is 1. The Morgan fingerprint density at radius 1 is 1.16 bits per heavy atom. The normalized spacial score (nSPS) is 11.1. The van der Waals surface area contributed by atoms with Gasteiger partial charge in [0.25, 0.3) is 0 Å². The minimum atomic E-state index is 0.167. The topological polar surface area (TPSA) is 40.5 Å². The second-order valence-electron chi connectivity index (χ2n) is 5.12. The predicted octanol–water partition coefficient (Wildman–Crippen LogP) is 2.50. The van der Waals surface area contributed by atoms with Gasteiger partial charge < -0.3 is 5.11 Å². The number of nitrogens with zero attached hydrogens (tertiary/aromatic N) is 1. The Bertz CT molecular complexity index is 441. The number of hydrogen-bond donors (Lipinski definition) is 1. The van der Waals surface area contributed by atoms with E-state index in [4.69, 9.17) is 5.11 Å². The lowest BCUT2D eigenvalue weighted by atomic mass is 9.98. The summed E-state index contributed by atoms with van der Waals surface area (Å²) in [5, 5.41) is 8.86. The van der Waals surface area contributed by atoms with Crippen LogP contribution in [0.2, 0.25) is 0 Å². The fraction of sp³-hybridized carbons (Fsp3) is 0.562. The van der Waals surface area contributed by atoms with Crippen LogP contribution in [0.25, 0.3) is 0 Å². The van der Waals surface area contributed by atoms with Crippen LogP contribution in [0.1, 0.15) is 40.4 Å². The molecule has 1 aromatic carbocycles. The van der Waals surface area contributed by atoms with Crippen LogP contribution < -0.4 is 0 Å². The molecule has 0 aliphatic rings. The van der Waals surface area contributed by atoms with Crippen molar-refractivity contribution in [2.75, 3.05) is 26.2 Å². The average Bonchev–Trinajstić information content (AvgIpc) is 2.38. The maximum absolute atomic E-state index is 12.4. The maximum Gasteiger partial charge on any atom is 0.177 e. The third kappa shape index (κ3) is 4.44. The lowest BCUT2D eigenvalue weighted by Gasteiger charge is -2.19. The average molecular weight is 263 g/mol. The lowest BCUT2D eigenvalue weighted by Crippen LogP contribution is -2.31. The van der Waals surface area contributed by atoms with E-state index >= 15 is 0 Å². The zero-order chi connectivity index (χ0) is 14.4. The Labute approximate surface area is 116 Å². The lowest BCUT2D eigenvalue weighted by molar-refractivity contribution is 0.0927. The minimum absolute atomic E-state index is 0.167. The van der Waals surface area contributed by atoms with Crippen LogP contribution in [0.5, 0.6) is 0 Å². The highest BCUT2D eigenvalue weighted by Gasteiger charge is 2.14. The van der Waals surface area contributed by atoms with Crippen LogP contribution in [0.3, 0.4) is 0 Å². The Balaban J connectivity index is 2.79. The monoisotopic (exact) mass is 263 g/mol. The number of hydrogen-bond acceptors (Lipinski definition) is 3. The summed E-state index contributed by atoms with van der Waals surface area (Å²) in [5.41, 5.74) is 4.26. The van der Waals surface area contributed by atoms with E-state index in [1.165, 1.54) is 5.56 Å². The standard InChI is InChI=1S/C16H25NO2/c1-5-17(7-6-8-18)11-16(19)15-10-13(3)12(2)9-14(15)4/h9-10,18H,5-8,11H2,1-4H3. The number of carbonyl (C=O) groups excluding carboxylic acids is 1. The van der Waals surface area contributed by atoms with Gasteiger partial charge in [-0.1, -0.05) is 13.0 Å². The number of aryl methyl sites for hydroxylation is 3. The number of benzene rings is 1. The number of rotatable bonds is 7. The molecule has 0 atom stereocenters. The van der Waals surface area contributed by atoms with Gasteiger partial charge in [0, 0.05) is 18.7 Å². The Hall–Kier alpha value is -1.19. The van der Waals surface area contributed by atoms with Crippen molar-refractivity contribution in [3.8, 4) is 0 Å². The van der Waals surface area contributed by atoms with Gasteiger partial charge in [0.15, 0.2) is 5.78 Å². The van der Waals surface area contributed by atoms with Crippen LogP contribution in [-0.4, -0.2) is 42.0 Å². The smallest absolute Gasteiger partial charge is 0.177 e. The van der Waals surface area contributed by atoms with E-state index in [2.05, 4.69) is 17.9 Å². The number of Topliss-reactive ketones (excluding diaryl/α,β-unsaturated/α-hetero) is 1. The van der Waals surface area contributed by atoms with E-state index in [0.29, 0.717) is 13.0 Å². The van der Waals surface area contributed by atoms with Crippen molar-refractivity contribution < 1.29 is 9.90 Å². The van der Waals surface area contributed by atoms with Crippen LogP contribution in [0.4, 0.5) is 0 Å². The van der Waals surface area contributed by atoms with Gasteiger partial charge in [-0.2, -0.15) is 0 Å². The molecule has 106 valence electrons. The second-order valence-corrected chi connectivity index (χ2v) is 5.12. The highest BCUT2D eigenvalue weighted by molar-refractivity contribution is 5.99. The highest BCUT2D eigenvalue weighted by atomic mass is 16.3. The third-order valence-corrected chi connectivity index (χ3v) is 3.59. The van der Waals surface area contributed by atoms with Gasteiger partial charge >= 0.3 is 0 Å². The molecule has 0 unspecified atom stereocenters. The van der Waals surface area contributed by atoms with Gasteiger partial charge in [-0.25, -0.2) is 0 Å². The molecule has 3 heteroatoms. The molecule has 3 nitrogen and oxygen atoms in total. The quantitative estimate of drug-likeness (QED) is 0.768. The van der Waals surface area contributed by atoms with Gasteiger partial charge in [0.2, 0.25) is 0 Å². The molecule has 0 aliphatic carbocycles. The molecule has 0 saturated carbocycles. The van der Waals surface area contributed by atoms with Gasteiger partial charge in [-0.15, -0.1) is 0 Å². The van der Waals surface area contributed by atoms with Crippen molar-refractivity contribution >= 4 is 5.78 Å². The third-order valence-electron chi connectivity index (χ3n) is 3.59. The van der Waals surface area contributed by atoms with E-state index in [1.54, 1.807) is 0 Å². The summed E-state index contributed by atoms with van der Waals surface area (Å²) in [4.78, 5) is 14.4. The highest BCUT2D eigenvalue weighted by Crippen LogP contribution is 2.16. The summed E-state index contributed by atoms with van der Waals surface area (Å²) < 4.78 is 0. The zero-order valence-corrected chi connectivity index (χ0v) is 12.5. The first-order valence-electron chi connectivity index (χ1n) is 6.93. The van der Waals surface area contributed by atoms with Crippen LogP contribution in [-0.2, 0) is 0 Å². The molecule has 0 heterocycles. The van der Waals surface area contributed by atoms with Crippen LogP contribution in [0.15, 0.2) is 12.1 Å². The summed E-state index contributed by atoms with van der Waals surface area (Å²) in [6.07, 6.45) is 0.715. The molecule has 0 amide bonds. The molecule has 19 heavy (non-hydrogen) atoms. The Morgan fingerprint density at radius 3 is 2.37 bits per heavy atom. The van der Waals surface area contributed by atoms with E-state index < -0.39 is 0 Å². The first-order valence-corrected chi connectivity index (χ1v) is 6.93. The van der Waals surface area contributed by atoms with Gasteiger partial charge in [0.05, 0.1) is 6.54 Å². The first-order chi connectivity index (χ1) is 8.99. The van der Waals surface area contributed by atoms with E-state index in [9.17, 15) is 4.79 Å². The summed E-state index contributed by atoms with van der Waals surface area (Å²) in [7, 11) is 0. The van der Waals surface area contributed by atoms with Gasteiger partial charge in [0.1, 0.15) is 0 Å². The fourth-order valence-electron chi connectivity index (χ4n) is 2.19. The number of carbonyl (C=O) groups is 1. The minimum Gasteiger partial charge on any atom is -0.396 e. The first kappa shape index (κ1) is 15.9. The van der Waals surface area contributed by atoms with Crippen molar-refractivity contribution in [1.29, 1.82) is 0 Å². The maximum atomic E-state index is 12.4. The van der Waals surface area contributed by atoms with Crippen LogP contribution >= 0.6 is 0 Å². The SMILES string of the molecule is CCN(CCCO)CC(=O)c1cc(C)c(C)cc1C. The predicted molar refractivity (Wildman–Crippen MR) is 78.8 cm³/mol. The Morgan fingerprint density at radius 2 is 1.79 bits per heavy atom. The van der Waals surface area contributed by atoms with Crippen molar-refractivity contribution in [2.24, 2.45) is 0 Å². The molecule has 0 bridgehead atoms. The van der Waals surface area contributed by atoms with Crippen molar-refractivity contribution in [3.63, 3.8) is 0 Å². The number of likely N-dealkylation sites (N-methyl/N-ethyl adjacent to an activating group) is 1. The van der Waals surface area contributed by atoms with Crippen LogP contribution in [0, 0.1) is 20.8 Å². The van der Waals surface area contributed by atoms with Crippen molar-refractivity contribution in [2.45, 2.75) is 34.1 Å². The summed E-state index contributed by atoms with van der Waals surface area (Å²) in [6, 6.07) is 4.07. The van der Waals surface area contributed by atoms with E-state index in [1.807, 2.05) is 26.8 Å². The molecule has 1 rings (SSSR count). The zero-order valence-electron chi connectivity index (χ0n) is 12.5. The molecule has 0 radical (unpaired) electrons. The van der Waals surface area contributed by atoms with E-state index in [0.717, 1.165) is 29.8 Å². The fourth-order valence-corrected chi connectivity index (χ4v) is 2.19. The molecule has 0 aliphatic heterocycles. The molecule has 1 aromatic rings. The molecule has 0 aromatic heterocycles. The van der Waals surface area contributed by atoms with Gasteiger partial charge in [-0.05, 0) is 56.5 Å². The number of aliphatic hydroxyl groups excluding tert-OH is 1.